The van der Waals surface area contributed by atoms with Crippen molar-refractivity contribution in [3.8, 4) is 0 Å². The van der Waals surface area contributed by atoms with Gasteiger partial charge in [0.15, 0.2) is 0 Å². The molecule has 0 spiro atoms. The predicted molar refractivity (Wildman–Crippen MR) is 223 cm³/mol. The topological polar surface area (TPSA) is 177 Å². The van der Waals surface area contributed by atoms with E-state index in [0.717, 1.165) is 0 Å². The monoisotopic (exact) mass is 919 g/mol. The zero-order valence-electron chi connectivity index (χ0n) is 36.2. The Morgan fingerprint density at radius 1 is 1.02 bits per heavy atom. The van der Waals surface area contributed by atoms with Crippen LogP contribution in [-0.4, -0.2) is 131 Å². The van der Waals surface area contributed by atoms with Gasteiger partial charge in [-0.15, -0.1) is 0 Å². The molecule has 3 fully saturated rings. The van der Waals surface area contributed by atoms with Crippen molar-refractivity contribution < 1.29 is 51.1 Å². The summed E-state index contributed by atoms with van der Waals surface area (Å²) in [5.41, 5.74) is -3.69. The highest BCUT2D eigenvalue weighted by Crippen LogP contribution is 2.54. The van der Waals surface area contributed by atoms with Crippen molar-refractivity contribution in [1.29, 1.82) is 0 Å². The maximum atomic E-state index is 14.7. The van der Waals surface area contributed by atoms with E-state index in [1.165, 1.54) is 37.6 Å². The van der Waals surface area contributed by atoms with E-state index in [4.69, 9.17) is 23.2 Å². The summed E-state index contributed by atoms with van der Waals surface area (Å²) in [5.74, 6) is -5.86. The van der Waals surface area contributed by atoms with Crippen molar-refractivity contribution in [1.82, 2.24) is 36.0 Å². The predicted octanol–water partition coefficient (Wildman–Crippen LogP) is 4.48. The lowest BCUT2D eigenvalue weighted by Crippen LogP contribution is -2.62. The quantitative estimate of drug-likeness (QED) is 0.250. The van der Waals surface area contributed by atoms with Crippen LogP contribution in [0.25, 0.3) is 0 Å². The summed E-state index contributed by atoms with van der Waals surface area (Å²) in [6, 6.07) is -1.99. The molecule has 2 saturated heterocycles. The largest absolute Gasteiger partial charge is 0.403 e. The normalized spacial score (nSPS) is 25.6. The van der Waals surface area contributed by atoms with Crippen LogP contribution in [-0.2, 0) is 40.0 Å². The third-order valence-corrected chi connectivity index (χ3v) is 12.7. The zero-order chi connectivity index (χ0) is 46.5. The molecule has 7 amide bonds. The number of nitrogens with zero attached hydrogens (tertiary/aromatic N) is 3. The van der Waals surface area contributed by atoms with Crippen molar-refractivity contribution >= 4 is 64.6 Å². The van der Waals surface area contributed by atoms with Gasteiger partial charge in [-0.2, -0.15) is 13.2 Å². The fraction of sp³-hybridized carbons (Fsp3) is 0.690. The standard InChI is InChI=1S/C42H59Cl2F4N7O7/c1-8-54(36(59)24(4)50-34(57)32-21-27(45)22-55(32)39(62)41(15-11-16-41)42(46,47)48)30-12-9-10-17-49-38(61)40(5,6)52-35(58)31(20-25-19-26(43)13-14-28(25)44)53(7)37(60)29(18-23(2)3)51-33(30)56/h13-14,19,23-24,27,29-32H,8-12,15-18,20-22H2,1-7H3,(H,49,61)(H,50,57)(H,51,56)(H,52,58)/t24-,27+,29-,30-,31-,32-/m0/s1. The van der Waals surface area contributed by atoms with E-state index in [9.17, 15) is 51.1 Å². The first-order valence-corrected chi connectivity index (χ1v) is 21.8. The number of carbonyl (C=O) groups excluding carboxylic acids is 7. The van der Waals surface area contributed by atoms with Crippen LogP contribution in [0.15, 0.2) is 18.2 Å². The zero-order valence-corrected chi connectivity index (χ0v) is 37.7. The SMILES string of the molecule is CCN(C(=O)[C@H](C)NC(=O)[C@@H]1C[C@@H](F)CN1C(=O)C1(C(F)(F)F)CCC1)[C@H]1CCCCNC(=O)C(C)(C)NC(=O)[C@H](Cc2cc(Cl)ccc2Cl)N(C)C(=O)[C@H](CC(C)C)NC1=O. The fourth-order valence-electron chi connectivity index (χ4n) is 8.27. The summed E-state index contributed by atoms with van der Waals surface area (Å²) >= 11 is 12.7. The van der Waals surface area contributed by atoms with Crippen LogP contribution in [0.2, 0.25) is 10.0 Å². The number of alkyl halides is 4. The molecule has 62 heavy (non-hydrogen) atoms. The van der Waals surface area contributed by atoms with Gasteiger partial charge in [0.25, 0.3) is 0 Å². The number of carbonyl (C=O) groups is 7. The summed E-state index contributed by atoms with van der Waals surface area (Å²) in [6.45, 7) is 8.96. The molecular formula is C42H59Cl2F4N7O7. The van der Waals surface area contributed by atoms with Crippen LogP contribution in [0.5, 0.6) is 0 Å². The van der Waals surface area contributed by atoms with Gasteiger partial charge in [-0.05, 0) is 95.9 Å². The molecule has 2 aliphatic heterocycles. The summed E-state index contributed by atoms with van der Waals surface area (Å²) in [6.07, 6.45) is -7.34. The van der Waals surface area contributed by atoms with E-state index in [1.54, 1.807) is 25.1 Å². The van der Waals surface area contributed by atoms with E-state index < -0.39 is 121 Å². The lowest BCUT2D eigenvalue weighted by atomic mass is 9.67. The van der Waals surface area contributed by atoms with Crippen molar-refractivity contribution in [3.63, 3.8) is 0 Å². The highest BCUT2D eigenvalue weighted by molar-refractivity contribution is 6.33. The number of hydrogen-bond acceptors (Lipinski definition) is 7. The van der Waals surface area contributed by atoms with Crippen molar-refractivity contribution in [2.75, 3.05) is 26.7 Å². The van der Waals surface area contributed by atoms with Gasteiger partial charge in [-0.3, -0.25) is 33.6 Å². The lowest BCUT2D eigenvalue weighted by Gasteiger charge is -2.44. The number of hydrogen-bond donors (Lipinski definition) is 4. The second-order valence-electron chi connectivity index (χ2n) is 17.6. The van der Waals surface area contributed by atoms with E-state index in [-0.39, 0.29) is 49.7 Å². The van der Waals surface area contributed by atoms with Gasteiger partial charge >= 0.3 is 6.18 Å². The summed E-state index contributed by atoms with van der Waals surface area (Å²) in [5, 5.41) is 11.4. The maximum Gasteiger partial charge on any atom is 0.403 e. The Kier molecular flexibility index (Phi) is 16.7. The van der Waals surface area contributed by atoms with Crippen LogP contribution in [0, 0.1) is 11.3 Å². The molecule has 0 aromatic heterocycles. The molecule has 1 aliphatic carbocycles. The highest BCUT2D eigenvalue weighted by atomic mass is 35.5. The van der Waals surface area contributed by atoms with Gasteiger partial charge in [0.2, 0.25) is 41.4 Å². The van der Waals surface area contributed by atoms with Crippen molar-refractivity contribution in [2.45, 2.75) is 147 Å². The molecule has 20 heteroatoms. The highest BCUT2D eigenvalue weighted by Gasteiger charge is 2.65. The Bertz CT molecular complexity index is 1860. The first kappa shape index (κ1) is 50.5. The molecule has 4 rings (SSSR count). The Hall–Kier alpha value is -4.19. The van der Waals surface area contributed by atoms with Crippen LogP contribution >= 0.6 is 23.2 Å². The van der Waals surface area contributed by atoms with Gasteiger partial charge in [-0.25, -0.2) is 4.39 Å². The average Bonchev–Trinajstić information content (AvgIpc) is 3.56. The molecule has 1 saturated carbocycles. The average molecular weight is 921 g/mol. The van der Waals surface area contributed by atoms with Crippen LogP contribution in [0.4, 0.5) is 17.6 Å². The first-order chi connectivity index (χ1) is 28.8. The molecular weight excluding hydrogens is 861 g/mol. The Morgan fingerprint density at radius 3 is 2.26 bits per heavy atom. The van der Waals surface area contributed by atoms with Gasteiger partial charge in [0.1, 0.15) is 47.3 Å². The molecule has 0 bridgehead atoms. The molecule has 4 N–H and O–H groups in total. The number of likely N-dealkylation sites (N-methyl/N-ethyl adjacent to an activating group) is 2. The third-order valence-electron chi connectivity index (χ3n) is 12.1. The molecule has 14 nitrogen and oxygen atoms in total. The molecule has 2 heterocycles. The molecule has 0 radical (unpaired) electrons. The summed E-state index contributed by atoms with van der Waals surface area (Å²) < 4.78 is 57.0. The number of rotatable bonds is 10. The van der Waals surface area contributed by atoms with Crippen LogP contribution in [0.1, 0.15) is 98.5 Å². The summed E-state index contributed by atoms with van der Waals surface area (Å²) in [4.78, 5) is 100. The second-order valence-corrected chi connectivity index (χ2v) is 18.4. The Morgan fingerprint density at radius 2 is 1.68 bits per heavy atom. The number of halogens is 6. The van der Waals surface area contributed by atoms with Crippen LogP contribution < -0.4 is 21.3 Å². The van der Waals surface area contributed by atoms with Gasteiger partial charge in [-0.1, -0.05) is 43.5 Å². The van der Waals surface area contributed by atoms with E-state index >= 15 is 0 Å². The Balaban J connectivity index is 1.63. The number of likely N-dealkylation sites (tertiary alicyclic amines) is 1. The van der Waals surface area contributed by atoms with E-state index in [2.05, 4.69) is 21.3 Å². The van der Waals surface area contributed by atoms with Crippen molar-refractivity contribution in [3.05, 3.63) is 33.8 Å². The molecule has 1 aromatic carbocycles. The first-order valence-electron chi connectivity index (χ1n) is 21.1. The minimum Gasteiger partial charge on any atom is -0.354 e. The Labute approximate surface area is 369 Å². The second kappa shape index (κ2) is 20.5. The van der Waals surface area contributed by atoms with Crippen molar-refractivity contribution in [2.24, 2.45) is 11.3 Å². The number of benzene rings is 1. The molecule has 346 valence electrons. The number of amides is 7. The fourth-order valence-corrected chi connectivity index (χ4v) is 8.66. The number of nitrogens with one attached hydrogen (secondary N) is 4. The smallest absolute Gasteiger partial charge is 0.354 e. The molecule has 1 aromatic rings. The van der Waals surface area contributed by atoms with E-state index in [1.807, 2.05) is 13.8 Å². The minimum absolute atomic E-state index is 0.0460. The third kappa shape index (κ3) is 11.5. The van der Waals surface area contributed by atoms with Gasteiger partial charge in [0, 0.05) is 43.0 Å². The molecule has 0 unspecified atom stereocenters. The molecule has 6 atom stereocenters. The van der Waals surface area contributed by atoms with Gasteiger partial charge < -0.3 is 36.0 Å². The van der Waals surface area contributed by atoms with Gasteiger partial charge in [0.05, 0.1) is 6.54 Å². The minimum atomic E-state index is -4.90. The summed E-state index contributed by atoms with van der Waals surface area (Å²) in [7, 11) is 1.39. The maximum absolute atomic E-state index is 14.7. The van der Waals surface area contributed by atoms with Crippen LogP contribution in [0.3, 0.4) is 0 Å². The molecule has 3 aliphatic rings. The lowest BCUT2D eigenvalue weighted by molar-refractivity contribution is -0.248. The van der Waals surface area contributed by atoms with E-state index in [0.29, 0.717) is 28.3 Å².